The van der Waals surface area contributed by atoms with Gasteiger partial charge in [-0.15, -0.1) is 0 Å². The first-order valence-corrected chi connectivity index (χ1v) is 2.49. The summed E-state index contributed by atoms with van der Waals surface area (Å²) in [5.74, 6) is 0. The molecule has 0 amide bonds. The molecular weight excluding hydrogens is 147 g/mol. The van der Waals surface area contributed by atoms with Crippen LogP contribution < -0.4 is 0 Å². The van der Waals surface area contributed by atoms with E-state index in [0.717, 1.165) is 0 Å². The molecule has 0 saturated heterocycles. The summed E-state index contributed by atoms with van der Waals surface area (Å²) < 4.78 is 0. The Morgan fingerprint density at radius 2 is 1.38 bits per heavy atom. The fourth-order valence-electron chi connectivity index (χ4n) is 0.494. The van der Waals surface area contributed by atoms with Crippen LogP contribution in [0.15, 0.2) is 0 Å². The monoisotopic (exact) mass is 159 g/mol. The van der Waals surface area contributed by atoms with Crippen molar-refractivity contribution in [2.75, 3.05) is 0 Å². The van der Waals surface area contributed by atoms with Crippen molar-refractivity contribution in [1.82, 2.24) is 0 Å². The fourth-order valence-corrected chi connectivity index (χ4v) is 0.494. The Balaban J connectivity index is 0. The Hall–Kier alpha value is 0.439. The minimum absolute atomic E-state index is 0. The second-order valence-electron chi connectivity index (χ2n) is 1.93. The van der Waals surface area contributed by atoms with Crippen molar-refractivity contribution < 1.29 is 27.3 Å². The Morgan fingerprint density at radius 1 is 1.12 bits per heavy atom. The van der Waals surface area contributed by atoms with E-state index in [1.54, 1.807) is 13.8 Å². The molecule has 51 valence electrons. The molecule has 0 aromatic rings. The topological polar surface area (TPSA) is 40.5 Å². The van der Waals surface area contributed by atoms with E-state index in [4.69, 9.17) is 10.2 Å². The molecule has 0 spiro atoms. The molecule has 2 atom stereocenters. The van der Waals surface area contributed by atoms with E-state index < -0.39 is 0 Å². The minimum atomic E-state index is -0.375. The summed E-state index contributed by atoms with van der Waals surface area (Å²) in [5.41, 5.74) is 0. The summed E-state index contributed by atoms with van der Waals surface area (Å²) in [6, 6.07) is 0. The van der Waals surface area contributed by atoms with Gasteiger partial charge in [0.05, 0.1) is 12.2 Å². The average molecular weight is 159 g/mol. The normalized spacial score (nSPS) is 16.5. The summed E-state index contributed by atoms with van der Waals surface area (Å²) in [4.78, 5) is 0. The van der Waals surface area contributed by atoms with Gasteiger partial charge in [0.25, 0.3) is 0 Å². The van der Waals surface area contributed by atoms with Crippen LogP contribution in [0.2, 0.25) is 0 Å². The molecule has 8 heavy (non-hydrogen) atoms. The zero-order valence-electron chi connectivity index (χ0n) is 5.13. The number of aliphatic hydroxyl groups excluding tert-OH is 2. The van der Waals surface area contributed by atoms with Gasteiger partial charge in [-0.1, -0.05) is 0 Å². The molecule has 3 heteroatoms. The Morgan fingerprint density at radius 3 is 1.38 bits per heavy atom. The largest absolute Gasteiger partial charge is 0.393 e. The van der Waals surface area contributed by atoms with Gasteiger partial charge in [0.1, 0.15) is 0 Å². The van der Waals surface area contributed by atoms with Crippen LogP contribution in [0.25, 0.3) is 0 Å². The third-order valence-corrected chi connectivity index (χ3v) is 0.682. The molecule has 0 aromatic heterocycles. The Kier molecular flexibility index (Phi) is 7.85. The van der Waals surface area contributed by atoms with Gasteiger partial charge in [0, 0.05) is 17.1 Å². The predicted octanol–water partition coefficient (Wildman–Crippen LogP) is 0.136. The summed E-state index contributed by atoms with van der Waals surface area (Å²) >= 11 is 0. The minimum Gasteiger partial charge on any atom is -0.393 e. The number of rotatable bonds is 2. The van der Waals surface area contributed by atoms with Crippen molar-refractivity contribution in [2.45, 2.75) is 32.5 Å². The van der Waals surface area contributed by atoms with E-state index in [-0.39, 0.29) is 29.3 Å². The molecular formula is C5H12MnO2. The van der Waals surface area contributed by atoms with Crippen LogP contribution >= 0.6 is 0 Å². The number of hydrogen-bond acceptors (Lipinski definition) is 2. The van der Waals surface area contributed by atoms with E-state index in [1.807, 2.05) is 0 Å². The maximum Gasteiger partial charge on any atom is 0.0536 e. The molecule has 2 nitrogen and oxygen atoms in total. The molecule has 0 rings (SSSR count). The van der Waals surface area contributed by atoms with Gasteiger partial charge in [-0.05, 0) is 20.3 Å². The maximum absolute atomic E-state index is 8.56. The van der Waals surface area contributed by atoms with E-state index >= 15 is 0 Å². The Labute approximate surface area is 60.4 Å². The molecule has 0 saturated carbocycles. The molecule has 0 aromatic carbocycles. The van der Waals surface area contributed by atoms with Gasteiger partial charge in [0.2, 0.25) is 0 Å². The van der Waals surface area contributed by atoms with Crippen LogP contribution in [0, 0.1) is 0 Å². The van der Waals surface area contributed by atoms with Gasteiger partial charge in [-0.2, -0.15) is 0 Å². The van der Waals surface area contributed by atoms with Gasteiger partial charge >= 0.3 is 0 Å². The van der Waals surface area contributed by atoms with Crippen LogP contribution in [-0.4, -0.2) is 22.4 Å². The van der Waals surface area contributed by atoms with Crippen molar-refractivity contribution in [3.8, 4) is 0 Å². The SMILES string of the molecule is CC(O)CC(C)O.[Mn]. The van der Waals surface area contributed by atoms with Crippen molar-refractivity contribution in [3.05, 3.63) is 0 Å². The summed E-state index contributed by atoms with van der Waals surface area (Å²) in [5, 5.41) is 17.1. The predicted molar refractivity (Wildman–Crippen MR) is 28.0 cm³/mol. The van der Waals surface area contributed by atoms with Crippen LogP contribution in [0.1, 0.15) is 20.3 Å². The van der Waals surface area contributed by atoms with Crippen LogP contribution in [0.5, 0.6) is 0 Å². The molecule has 2 N–H and O–H groups in total. The van der Waals surface area contributed by atoms with Gasteiger partial charge in [-0.3, -0.25) is 0 Å². The van der Waals surface area contributed by atoms with Gasteiger partial charge < -0.3 is 10.2 Å². The van der Waals surface area contributed by atoms with E-state index in [2.05, 4.69) is 0 Å². The third-order valence-electron chi connectivity index (χ3n) is 0.682. The first-order valence-electron chi connectivity index (χ1n) is 2.49. The average Bonchev–Trinajstić information content (AvgIpc) is 1.27. The molecule has 0 heterocycles. The maximum atomic E-state index is 8.56. The second-order valence-corrected chi connectivity index (χ2v) is 1.93. The summed E-state index contributed by atoms with van der Waals surface area (Å²) in [6.07, 6.45) is -0.278. The van der Waals surface area contributed by atoms with Crippen molar-refractivity contribution in [2.24, 2.45) is 0 Å². The summed E-state index contributed by atoms with van der Waals surface area (Å²) in [7, 11) is 0. The summed E-state index contributed by atoms with van der Waals surface area (Å²) in [6.45, 7) is 3.32. The molecule has 0 fully saturated rings. The quantitative estimate of drug-likeness (QED) is 0.562. The fraction of sp³-hybridized carbons (Fsp3) is 1.00. The van der Waals surface area contributed by atoms with Crippen LogP contribution in [0.3, 0.4) is 0 Å². The molecule has 0 aliphatic carbocycles. The van der Waals surface area contributed by atoms with E-state index in [9.17, 15) is 0 Å². The smallest absolute Gasteiger partial charge is 0.0536 e. The van der Waals surface area contributed by atoms with Gasteiger partial charge in [-0.25, -0.2) is 0 Å². The van der Waals surface area contributed by atoms with Crippen molar-refractivity contribution in [1.29, 1.82) is 0 Å². The molecule has 2 unspecified atom stereocenters. The zero-order valence-corrected chi connectivity index (χ0v) is 6.31. The third kappa shape index (κ3) is 9.67. The number of aliphatic hydroxyl groups is 2. The van der Waals surface area contributed by atoms with Crippen molar-refractivity contribution >= 4 is 0 Å². The van der Waals surface area contributed by atoms with E-state index in [1.165, 1.54) is 0 Å². The number of hydrogen-bond donors (Lipinski definition) is 2. The molecule has 0 aliphatic rings. The van der Waals surface area contributed by atoms with Gasteiger partial charge in [0.15, 0.2) is 0 Å². The zero-order chi connectivity index (χ0) is 5.86. The molecule has 1 radical (unpaired) electrons. The van der Waals surface area contributed by atoms with Crippen molar-refractivity contribution in [3.63, 3.8) is 0 Å². The van der Waals surface area contributed by atoms with Crippen LogP contribution in [0.4, 0.5) is 0 Å². The second kappa shape index (κ2) is 5.57. The first kappa shape index (κ1) is 11.3. The van der Waals surface area contributed by atoms with E-state index in [0.29, 0.717) is 6.42 Å². The Bertz CT molecular complexity index is 39.7. The molecule has 0 aliphatic heterocycles. The first-order chi connectivity index (χ1) is 3.13. The molecule has 0 bridgehead atoms. The van der Waals surface area contributed by atoms with Crippen LogP contribution in [-0.2, 0) is 17.1 Å². The standard InChI is InChI=1S/C5H12O2.Mn/c1-4(6)3-5(2)7;/h4-7H,3H2,1-2H3;.